The highest BCUT2D eigenvalue weighted by molar-refractivity contribution is 5.80. The second-order valence-corrected chi connectivity index (χ2v) is 8.38. The quantitative estimate of drug-likeness (QED) is 0.539. The van der Waals surface area contributed by atoms with Crippen molar-refractivity contribution in [1.82, 2.24) is 20.0 Å². The second kappa shape index (κ2) is 10.0. The van der Waals surface area contributed by atoms with Gasteiger partial charge in [0.25, 0.3) is 0 Å². The lowest BCUT2D eigenvalue weighted by molar-refractivity contribution is -0.00806. The van der Waals surface area contributed by atoms with E-state index in [1.54, 1.807) is 14.2 Å². The molecule has 1 unspecified atom stereocenters. The standard InChI is InChI=1S/C23H35N5O3/c1-7-24-22(28-10-11-31-21(15-28)17-13-26-27(4)14-17)25-16-23(2,3)18-8-9-19(29-5)20(12-18)30-6/h8-9,12-14,21H,7,10-11,15-16H2,1-6H3,(H,24,25). The summed E-state index contributed by atoms with van der Waals surface area (Å²) in [4.78, 5) is 7.27. The van der Waals surface area contributed by atoms with Crippen LogP contribution in [0.3, 0.4) is 0 Å². The highest BCUT2D eigenvalue weighted by Gasteiger charge is 2.27. The Morgan fingerprint density at radius 2 is 2.06 bits per heavy atom. The number of ether oxygens (including phenoxy) is 3. The van der Waals surface area contributed by atoms with Gasteiger partial charge in [-0.15, -0.1) is 0 Å². The molecule has 8 heteroatoms. The van der Waals surface area contributed by atoms with Crippen LogP contribution >= 0.6 is 0 Å². The molecule has 8 nitrogen and oxygen atoms in total. The van der Waals surface area contributed by atoms with Crippen LogP contribution in [0.4, 0.5) is 0 Å². The van der Waals surface area contributed by atoms with Crippen LogP contribution in [0.1, 0.15) is 38.0 Å². The van der Waals surface area contributed by atoms with Crippen LogP contribution in [-0.4, -0.2) is 67.6 Å². The number of benzene rings is 1. The Labute approximate surface area is 185 Å². The average Bonchev–Trinajstić information content (AvgIpc) is 3.22. The van der Waals surface area contributed by atoms with E-state index in [4.69, 9.17) is 19.2 Å². The molecule has 1 fully saturated rings. The zero-order valence-corrected chi connectivity index (χ0v) is 19.5. The normalized spacial score (nSPS) is 17.5. The molecule has 31 heavy (non-hydrogen) atoms. The molecule has 0 spiro atoms. The molecule has 1 atom stereocenters. The molecule has 1 aliphatic rings. The van der Waals surface area contributed by atoms with E-state index in [-0.39, 0.29) is 11.5 Å². The largest absolute Gasteiger partial charge is 0.493 e. The van der Waals surface area contributed by atoms with Gasteiger partial charge >= 0.3 is 0 Å². The van der Waals surface area contributed by atoms with Crippen molar-refractivity contribution in [3.05, 3.63) is 41.7 Å². The minimum Gasteiger partial charge on any atom is -0.493 e. The molecule has 2 heterocycles. The number of guanidine groups is 1. The second-order valence-electron chi connectivity index (χ2n) is 8.38. The van der Waals surface area contributed by atoms with Crippen molar-refractivity contribution in [1.29, 1.82) is 0 Å². The fourth-order valence-electron chi connectivity index (χ4n) is 3.70. The maximum atomic E-state index is 5.99. The van der Waals surface area contributed by atoms with Crippen molar-refractivity contribution in [2.24, 2.45) is 12.0 Å². The monoisotopic (exact) mass is 429 g/mol. The summed E-state index contributed by atoms with van der Waals surface area (Å²) in [7, 11) is 5.23. The summed E-state index contributed by atoms with van der Waals surface area (Å²) in [6, 6.07) is 6.07. The van der Waals surface area contributed by atoms with Gasteiger partial charge < -0.3 is 24.4 Å². The van der Waals surface area contributed by atoms with Crippen LogP contribution in [0.5, 0.6) is 11.5 Å². The summed E-state index contributed by atoms with van der Waals surface area (Å²) in [5.74, 6) is 2.37. The lowest BCUT2D eigenvalue weighted by Crippen LogP contribution is -2.48. The van der Waals surface area contributed by atoms with E-state index in [1.165, 1.54) is 0 Å². The third-order valence-corrected chi connectivity index (χ3v) is 5.59. The molecule has 1 aliphatic heterocycles. The molecule has 0 amide bonds. The van der Waals surface area contributed by atoms with Gasteiger partial charge in [0.1, 0.15) is 6.10 Å². The first kappa shape index (κ1) is 22.9. The van der Waals surface area contributed by atoms with Crippen LogP contribution < -0.4 is 14.8 Å². The van der Waals surface area contributed by atoms with E-state index in [9.17, 15) is 0 Å². The molecule has 0 aliphatic carbocycles. The fourth-order valence-corrected chi connectivity index (χ4v) is 3.70. The summed E-state index contributed by atoms with van der Waals surface area (Å²) in [5, 5.41) is 7.73. The summed E-state index contributed by atoms with van der Waals surface area (Å²) in [5.41, 5.74) is 2.07. The van der Waals surface area contributed by atoms with Gasteiger partial charge in [0.15, 0.2) is 17.5 Å². The van der Waals surface area contributed by atoms with Crippen LogP contribution in [0, 0.1) is 0 Å². The Kier molecular flexibility index (Phi) is 7.43. The predicted molar refractivity (Wildman–Crippen MR) is 122 cm³/mol. The Hall–Kier alpha value is -2.74. The molecule has 0 bridgehead atoms. The Bertz CT molecular complexity index is 893. The van der Waals surface area contributed by atoms with Gasteiger partial charge in [-0.2, -0.15) is 5.10 Å². The van der Waals surface area contributed by atoms with E-state index in [0.29, 0.717) is 13.2 Å². The van der Waals surface area contributed by atoms with Crippen molar-refractivity contribution in [3.63, 3.8) is 0 Å². The molecule has 1 saturated heterocycles. The van der Waals surface area contributed by atoms with Gasteiger partial charge in [0.05, 0.1) is 40.1 Å². The van der Waals surface area contributed by atoms with Crippen molar-refractivity contribution in [2.45, 2.75) is 32.3 Å². The lowest BCUT2D eigenvalue weighted by atomic mass is 9.84. The predicted octanol–water partition coefficient (Wildman–Crippen LogP) is 2.75. The van der Waals surface area contributed by atoms with E-state index in [1.807, 2.05) is 36.3 Å². The number of methoxy groups -OCH3 is 2. The zero-order valence-electron chi connectivity index (χ0n) is 19.5. The molecule has 1 N–H and O–H groups in total. The Morgan fingerprint density at radius 1 is 1.29 bits per heavy atom. The highest BCUT2D eigenvalue weighted by atomic mass is 16.5. The summed E-state index contributed by atoms with van der Waals surface area (Å²) < 4.78 is 18.7. The van der Waals surface area contributed by atoms with Gasteiger partial charge in [-0.3, -0.25) is 9.67 Å². The zero-order chi connectivity index (χ0) is 22.4. The minimum absolute atomic E-state index is 0.00911. The van der Waals surface area contributed by atoms with Gasteiger partial charge in [0, 0.05) is 37.3 Å². The smallest absolute Gasteiger partial charge is 0.194 e. The molecular formula is C23H35N5O3. The summed E-state index contributed by atoms with van der Waals surface area (Å²) in [6.45, 7) is 10.1. The van der Waals surface area contributed by atoms with Crippen molar-refractivity contribution in [2.75, 3.05) is 47.0 Å². The molecule has 2 aromatic rings. The SMILES string of the molecule is CCNC(=NCC(C)(C)c1ccc(OC)c(OC)c1)N1CCOC(c2cnn(C)c2)C1. The maximum absolute atomic E-state index is 5.99. The Morgan fingerprint density at radius 3 is 2.71 bits per heavy atom. The number of rotatable bonds is 7. The first-order valence-electron chi connectivity index (χ1n) is 10.7. The fraction of sp³-hybridized carbons (Fsp3) is 0.565. The van der Waals surface area contributed by atoms with Crippen LogP contribution in [-0.2, 0) is 17.2 Å². The van der Waals surface area contributed by atoms with Crippen molar-refractivity contribution in [3.8, 4) is 11.5 Å². The van der Waals surface area contributed by atoms with Gasteiger partial charge in [0.2, 0.25) is 0 Å². The number of aromatic nitrogens is 2. The van der Waals surface area contributed by atoms with Crippen LogP contribution in [0.15, 0.2) is 35.6 Å². The average molecular weight is 430 g/mol. The number of aliphatic imine (C=N–C) groups is 1. The summed E-state index contributed by atoms with van der Waals surface area (Å²) in [6.07, 6.45) is 3.88. The number of hydrogen-bond acceptors (Lipinski definition) is 5. The number of nitrogens with zero attached hydrogens (tertiary/aromatic N) is 4. The minimum atomic E-state index is -0.171. The molecule has 3 rings (SSSR count). The third-order valence-electron chi connectivity index (χ3n) is 5.59. The Balaban J connectivity index is 1.76. The van der Waals surface area contributed by atoms with E-state index in [0.717, 1.165) is 48.2 Å². The molecule has 170 valence electrons. The first-order valence-corrected chi connectivity index (χ1v) is 10.7. The van der Waals surface area contributed by atoms with Crippen LogP contribution in [0.25, 0.3) is 0 Å². The van der Waals surface area contributed by atoms with Crippen molar-refractivity contribution >= 4 is 5.96 Å². The van der Waals surface area contributed by atoms with E-state index in [2.05, 4.69) is 42.2 Å². The molecule has 1 aromatic heterocycles. The number of nitrogens with one attached hydrogen (secondary N) is 1. The van der Waals surface area contributed by atoms with Crippen molar-refractivity contribution < 1.29 is 14.2 Å². The highest BCUT2D eigenvalue weighted by Crippen LogP contribution is 2.33. The molecule has 0 radical (unpaired) electrons. The topological polar surface area (TPSA) is 73.1 Å². The number of hydrogen-bond donors (Lipinski definition) is 1. The van der Waals surface area contributed by atoms with E-state index >= 15 is 0 Å². The maximum Gasteiger partial charge on any atom is 0.194 e. The number of aryl methyl sites for hydroxylation is 1. The molecule has 1 aromatic carbocycles. The first-order chi connectivity index (χ1) is 14.9. The van der Waals surface area contributed by atoms with E-state index < -0.39 is 0 Å². The van der Waals surface area contributed by atoms with Gasteiger partial charge in [-0.25, -0.2) is 0 Å². The summed E-state index contributed by atoms with van der Waals surface area (Å²) >= 11 is 0. The molecular weight excluding hydrogens is 394 g/mol. The van der Waals surface area contributed by atoms with Crippen LogP contribution in [0.2, 0.25) is 0 Å². The number of morpholine rings is 1. The lowest BCUT2D eigenvalue weighted by Gasteiger charge is -2.35. The third kappa shape index (κ3) is 5.50. The van der Waals surface area contributed by atoms with Gasteiger partial charge in [-0.05, 0) is 24.6 Å². The van der Waals surface area contributed by atoms with Gasteiger partial charge in [-0.1, -0.05) is 19.9 Å². The molecule has 0 saturated carbocycles.